The molecule has 2 heterocycles. The Morgan fingerprint density at radius 1 is 1.17 bits per heavy atom. The number of nitrogens with one attached hydrogen (secondary N) is 2. The Balaban J connectivity index is 1.55. The predicted molar refractivity (Wildman–Crippen MR) is 104 cm³/mol. The van der Waals surface area contributed by atoms with Gasteiger partial charge in [-0.2, -0.15) is 4.31 Å². The van der Waals surface area contributed by atoms with E-state index in [1.165, 1.54) is 24.3 Å². The number of carbonyl (C=O) groups excluding carboxylic acids is 2. The van der Waals surface area contributed by atoms with Crippen molar-refractivity contribution in [3.63, 3.8) is 0 Å². The summed E-state index contributed by atoms with van der Waals surface area (Å²) in [5.41, 5.74) is 0.744. The van der Waals surface area contributed by atoms with E-state index in [1.807, 2.05) is 0 Å². The molecule has 0 aliphatic carbocycles. The summed E-state index contributed by atoms with van der Waals surface area (Å²) in [7, 11) is -3.83. The van der Waals surface area contributed by atoms with Gasteiger partial charge in [-0.25, -0.2) is 8.42 Å². The molecule has 1 atom stereocenters. The second-order valence-electron chi connectivity index (χ2n) is 6.15. The Kier molecular flexibility index (Phi) is 6.80. The maximum absolute atomic E-state index is 12.8. The lowest BCUT2D eigenvalue weighted by molar-refractivity contribution is -0.139. The molecule has 2 N–H and O–H groups in total. The van der Waals surface area contributed by atoms with Gasteiger partial charge in [0.05, 0.1) is 18.0 Å². The van der Waals surface area contributed by atoms with Gasteiger partial charge in [0.15, 0.2) is 0 Å². The number of nitrogens with zero attached hydrogens (tertiary/aromatic N) is 2. The van der Waals surface area contributed by atoms with Crippen LogP contribution in [-0.2, 0) is 30.9 Å². The lowest BCUT2D eigenvalue weighted by Gasteiger charge is -2.22. The number of pyridine rings is 1. The fourth-order valence-corrected chi connectivity index (χ4v) is 4.35. The first-order valence-electron chi connectivity index (χ1n) is 8.72. The lowest BCUT2D eigenvalue weighted by atomic mass is 10.3. The van der Waals surface area contributed by atoms with E-state index < -0.39 is 28.1 Å². The van der Waals surface area contributed by atoms with Crippen molar-refractivity contribution >= 4 is 33.4 Å². The third-order valence-corrected chi connectivity index (χ3v) is 6.34. The zero-order chi connectivity index (χ0) is 20.9. The number of sulfonamides is 1. The van der Waals surface area contributed by atoms with Crippen LogP contribution in [-0.4, -0.2) is 55.4 Å². The first kappa shape index (κ1) is 21.2. The summed E-state index contributed by atoms with van der Waals surface area (Å²) in [6.07, 6.45) is 2.26. The SMILES string of the molecule is O=C(NCc1cccnc1)C(=O)NC[C@H]1OCCN1S(=O)(=O)c1ccc(Cl)cc1. The van der Waals surface area contributed by atoms with Gasteiger partial charge in [0, 0.05) is 30.5 Å². The van der Waals surface area contributed by atoms with Gasteiger partial charge in [0.2, 0.25) is 10.0 Å². The number of ether oxygens (including phenoxy) is 1. The van der Waals surface area contributed by atoms with Gasteiger partial charge in [0.25, 0.3) is 0 Å². The van der Waals surface area contributed by atoms with Crippen molar-refractivity contribution in [1.29, 1.82) is 0 Å². The molecule has 154 valence electrons. The van der Waals surface area contributed by atoms with Gasteiger partial charge in [-0.05, 0) is 35.9 Å². The smallest absolute Gasteiger partial charge is 0.309 e. The highest BCUT2D eigenvalue weighted by Crippen LogP contribution is 2.23. The van der Waals surface area contributed by atoms with E-state index in [9.17, 15) is 18.0 Å². The Labute approximate surface area is 173 Å². The number of hydrogen-bond donors (Lipinski definition) is 2. The van der Waals surface area contributed by atoms with Crippen LogP contribution in [0.1, 0.15) is 5.56 Å². The van der Waals surface area contributed by atoms with Crippen LogP contribution in [0.4, 0.5) is 0 Å². The van der Waals surface area contributed by atoms with E-state index in [0.29, 0.717) is 5.02 Å². The van der Waals surface area contributed by atoms with Gasteiger partial charge < -0.3 is 15.4 Å². The van der Waals surface area contributed by atoms with Crippen molar-refractivity contribution in [2.45, 2.75) is 17.7 Å². The van der Waals surface area contributed by atoms with Gasteiger partial charge >= 0.3 is 11.8 Å². The van der Waals surface area contributed by atoms with Crippen molar-refractivity contribution in [2.75, 3.05) is 19.7 Å². The average Bonchev–Trinajstić information content (AvgIpc) is 3.21. The number of carbonyl (C=O) groups is 2. The average molecular weight is 439 g/mol. The molecule has 1 aromatic carbocycles. The monoisotopic (exact) mass is 438 g/mol. The van der Waals surface area contributed by atoms with Crippen LogP contribution >= 0.6 is 11.6 Å². The third kappa shape index (κ3) is 5.30. The number of hydrogen-bond acceptors (Lipinski definition) is 6. The van der Waals surface area contributed by atoms with Gasteiger partial charge in [-0.1, -0.05) is 17.7 Å². The van der Waals surface area contributed by atoms with Crippen LogP contribution in [0.25, 0.3) is 0 Å². The molecule has 1 fully saturated rings. The first-order valence-corrected chi connectivity index (χ1v) is 10.5. The van der Waals surface area contributed by atoms with Crippen molar-refractivity contribution in [3.8, 4) is 0 Å². The normalized spacial score (nSPS) is 17.1. The molecule has 1 saturated heterocycles. The minimum Gasteiger partial charge on any atom is -0.359 e. The minimum atomic E-state index is -3.83. The molecule has 0 bridgehead atoms. The summed E-state index contributed by atoms with van der Waals surface area (Å²) in [5, 5.41) is 5.29. The predicted octanol–water partition coefficient (Wildman–Crippen LogP) is 0.515. The fourth-order valence-electron chi connectivity index (χ4n) is 2.71. The van der Waals surface area contributed by atoms with Crippen molar-refractivity contribution in [1.82, 2.24) is 19.9 Å². The molecule has 29 heavy (non-hydrogen) atoms. The molecule has 2 aromatic rings. The van der Waals surface area contributed by atoms with Crippen LogP contribution in [0.2, 0.25) is 5.02 Å². The molecule has 2 amide bonds. The van der Waals surface area contributed by atoms with Crippen molar-refractivity contribution in [2.24, 2.45) is 0 Å². The number of halogens is 1. The van der Waals surface area contributed by atoms with Crippen LogP contribution in [0.5, 0.6) is 0 Å². The summed E-state index contributed by atoms with van der Waals surface area (Å²) in [6, 6.07) is 9.24. The maximum atomic E-state index is 12.8. The Hall–Kier alpha value is -2.53. The Morgan fingerprint density at radius 3 is 2.59 bits per heavy atom. The van der Waals surface area contributed by atoms with E-state index in [4.69, 9.17) is 16.3 Å². The number of benzene rings is 1. The molecular formula is C18H19ClN4O5S. The number of aromatic nitrogens is 1. The van der Waals surface area contributed by atoms with E-state index >= 15 is 0 Å². The molecule has 0 unspecified atom stereocenters. The van der Waals surface area contributed by atoms with Gasteiger partial charge in [0.1, 0.15) is 6.23 Å². The van der Waals surface area contributed by atoms with Gasteiger partial charge in [-0.3, -0.25) is 14.6 Å². The van der Waals surface area contributed by atoms with E-state index in [-0.39, 0.29) is 31.1 Å². The second-order valence-corrected chi connectivity index (χ2v) is 8.48. The first-order chi connectivity index (χ1) is 13.9. The summed E-state index contributed by atoms with van der Waals surface area (Å²) in [4.78, 5) is 27.9. The molecule has 0 spiro atoms. The highest BCUT2D eigenvalue weighted by atomic mass is 35.5. The second kappa shape index (κ2) is 9.31. The van der Waals surface area contributed by atoms with Crippen LogP contribution < -0.4 is 10.6 Å². The van der Waals surface area contributed by atoms with Gasteiger partial charge in [-0.15, -0.1) is 0 Å². The zero-order valence-electron chi connectivity index (χ0n) is 15.2. The molecule has 3 rings (SSSR count). The summed E-state index contributed by atoms with van der Waals surface area (Å²) in [5.74, 6) is -1.72. The van der Waals surface area contributed by atoms with Crippen LogP contribution in [0.3, 0.4) is 0 Å². The van der Waals surface area contributed by atoms with Crippen LogP contribution in [0.15, 0.2) is 53.7 Å². The molecule has 0 radical (unpaired) electrons. The summed E-state index contributed by atoms with van der Waals surface area (Å²) >= 11 is 5.81. The highest BCUT2D eigenvalue weighted by Gasteiger charge is 2.36. The Bertz CT molecular complexity index is 970. The summed E-state index contributed by atoms with van der Waals surface area (Å²) in [6.45, 7) is 0.308. The highest BCUT2D eigenvalue weighted by molar-refractivity contribution is 7.89. The molecule has 11 heteroatoms. The topological polar surface area (TPSA) is 118 Å². The molecule has 1 aliphatic heterocycles. The largest absolute Gasteiger partial charge is 0.359 e. The molecule has 0 saturated carbocycles. The van der Waals surface area contributed by atoms with E-state index in [0.717, 1.165) is 9.87 Å². The number of amides is 2. The van der Waals surface area contributed by atoms with Crippen molar-refractivity contribution < 1.29 is 22.7 Å². The van der Waals surface area contributed by atoms with Crippen molar-refractivity contribution in [3.05, 3.63) is 59.4 Å². The zero-order valence-corrected chi connectivity index (χ0v) is 16.8. The minimum absolute atomic E-state index is 0.0675. The van der Waals surface area contributed by atoms with E-state index in [1.54, 1.807) is 24.5 Å². The molecule has 1 aromatic heterocycles. The molecule has 9 nitrogen and oxygen atoms in total. The Morgan fingerprint density at radius 2 is 1.90 bits per heavy atom. The lowest BCUT2D eigenvalue weighted by Crippen LogP contribution is -2.47. The molecular weight excluding hydrogens is 420 g/mol. The fraction of sp³-hybridized carbons (Fsp3) is 0.278. The summed E-state index contributed by atoms with van der Waals surface area (Å²) < 4.78 is 32.2. The standard InChI is InChI=1S/C18H19ClN4O5S/c19-14-3-5-15(6-4-14)29(26,27)23-8-9-28-16(23)12-22-18(25)17(24)21-11-13-2-1-7-20-10-13/h1-7,10,16H,8-9,11-12H2,(H,21,24)(H,22,25)/t16-/m1/s1. The molecule has 1 aliphatic rings. The number of rotatable bonds is 6. The third-order valence-electron chi connectivity index (χ3n) is 4.18. The maximum Gasteiger partial charge on any atom is 0.309 e. The van der Waals surface area contributed by atoms with Crippen LogP contribution in [0, 0.1) is 0 Å². The van der Waals surface area contributed by atoms with E-state index in [2.05, 4.69) is 15.6 Å². The quantitative estimate of drug-likeness (QED) is 0.635.